The van der Waals surface area contributed by atoms with Crippen molar-refractivity contribution in [3.05, 3.63) is 98.9 Å². The van der Waals surface area contributed by atoms with Gasteiger partial charge in [-0.2, -0.15) is 18.2 Å². The summed E-state index contributed by atoms with van der Waals surface area (Å²) in [6.45, 7) is 0.616. The summed E-state index contributed by atoms with van der Waals surface area (Å²) < 4.78 is 12.1. The van der Waals surface area contributed by atoms with Crippen molar-refractivity contribution in [2.75, 3.05) is 7.11 Å². The van der Waals surface area contributed by atoms with Gasteiger partial charge in [0, 0.05) is 59.7 Å². The summed E-state index contributed by atoms with van der Waals surface area (Å²) in [4.78, 5) is 23.9. The molecule has 0 N–H and O–H groups in total. The van der Waals surface area contributed by atoms with Gasteiger partial charge in [-0.05, 0) is 30.2 Å². The van der Waals surface area contributed by atoms with Crippen LogP contribution in [0.4, 0.5) is 0 Å². The summed E-state index contributed by atoms with van der Waals surface area (Å²) >= 11 is 6.32. The number of carbonyl (C=O) groups excluding carboxylic acids is 1. The van der Waals surface area contributed by atoms with Crippen molar-refractivity contribution < 1.29 is 55.6 Å². The maximum atomic E-state index is 12.4. The molecule has 0 aliphatic carbocycles. The zero-order chi connectivity index (χ0) is 19.9. The van der Waals surface area contributed by atoms with E-state index in [1.165, 1.54) is 13.2 Å². The fourth-order valence-electron chi connectivity index (χ4n) is 2.77. The van der Waals surface area contributed by atoms with Crippen LogP contribution in [0.25, 0.3) is 0 Å². The Bertz CT molecular complexity index is 1000. The van der Waals surface area contributed by atoms with Gasteiger partial charge < -0.3 is 14.0 Å². The van der Waals surface area contributed by atoms with Crippen LogP contribution in [0.3, 0.4) is 0 Å². The first kappa shape index (κ1) is 23.6. The second-order valence-corrected chi connectivity index (χ2v) is 6.49. The van der Waals surface area contributed by atoms with Crippen LogP contribution in [-0.2, 0) is 24.3 Å². The van der Waals surface area contributed by atoms with Crippen molar-refractivity contribution in [2.45, 2.75) is 19.6 Å². The van der Waals surface area contributed by atoms with Crippen LogP contribution in [0.15, 0.2) is 65.5 Å². The molecular weight excluding hydrogens is 519 g/mol. The molecule has 3 aromatic rings. The van der Waals surface area contributed by atoms with Crippen LogP contribution in [-0.4, -0.2) is 17.6 Å². The zero-order valence-electron chi connectivity index (χ0n) is 15.9. The van der Waals surface area contributed by atoms with Crippen LogP contribution >= 0.6 is 11.6 Å². The molecule has 0 aliphatic rings. The van der Waals surface area contributed by atoms with Crippen molar-refractivity contribution in [3.63, 3.8) is 0 Å². The number of methoxy groups -OCH3 is 1. The van der Waals surface area contributed by atoms with E-state index in [-0.39, 0.29) is 59.4 Å². The number of pyridine rings is 1. The Balaban J connectivity index is 0.00000300. The van der Waals surface area contributed by atoms with Gasteiger partial charge in [0.25, 0.3) is 5.56 Å². The summed E-state index contributed by atoms with van der Waals surface area (Å²) in [6, 6.07) is 20.2. The minimum Gasteiger partial charge on any atom is -0.545 e. The van der Waals surface area contributed by atoms with E-state index < -0.39 is 0 Å². The Morgan fingerprint density at radius 2 is 1.90 bits per heavy atom. The number of hydrogen-bond acceptors (Lipinski definition) is 4. The number of carbonyl (C=O) groups is 1. The van der Waals surface area contributed by atoms with E-state index in [9.17, 15) is 9.59 Å². The van der Waals surface area contributed by atoms with Gasteiger partial charge in [-0.25, -0.2) is 4.79 Å². The summed E-state index contributed by atoms with van der Waals surface area (Å²) in [7, 11) is 1.35. The standard InChI is InChI=1S/C22H19ClNO4.Pr/c1-27-22(26)17-9-7-16(8-10-17)13-14-24-20(19(23)11-12-21(24)25)15-28-18-5-3-2-4-6-18;/h2-3,5-12H,13-15H2,1H3;/q-1;. The average molecular weight is 538 g/mol. The molecular formula is C22H19ClNO4Pr-. The molecule has 0 aliphatic heterocycles. The number of hydrogen-bond donors (Lipinski definition) is 0. The maximum Gasteiger partial charge on any atom is 0.337 e. The first-order valence-corrected chi connectivity index (χ1v) is 9.10. The van der Waals surface area contributed by atoms with Crippen LogP contribution in [0, 0.1) is 47.4 Å². The van der Waals surface area contributed by atoms with Gasteiger partial charge in [0.05, 0.1) is 23.4 Å². The molecule has 0 saturated heterocycles. The minimum absolute atomic E-state index is 0. The summed E-state index contributed by atoms with van der Waals surface area (Å²) in [5, 5.41) is 0.473. The smallest absolute Gasteiger partial charge is 0.337 e. The van der Waals surface area contributed by atoms with Crippen molar-refractivity contribution in [1.29, 1.82) is 0 Å². The van der Waals surface area contributed by atoms with E-state index in [1.807, 2.05) is 24.3 Å². The van der Waals surface area contributed by atoms with Crippen LogP contribution < -0.4 is 10.3 Å². The fourth-order valence-corrected chi connectivity index (χ4v) is 2.99. The van der Waals surface area contributed by atoms with E-state index in [1.54, 1.807) is 34.9 Å². The molecule has 1 heterocycles. The van der Waals surface area contributed by atoms with Crippen molar-refractivity contribution in [3.8, 4) is 5.75 Å². The number of benzene rings is 2. The molecule has 2 aromatic carbocycles. The van der Waals surface area contributed by atoms with E-state index in [0.717, 1.165) is 5.56 Å². The Morgan fingerprint density at radius 3 is 2.55 bits per heavy atom. The number of halogens is 1. The van der Waals surface area contributed by atoms with Gasteiger partial charge in [-0.3, -0.25) is 4.79 Å². The summed E-state index contributed by atoms with van der Waals surface area (Å²) in [5.41, 5.74) is 1.95. The minimum atomic E-state index is -0.379. The Kier molecular flexibility index (Phi) is 9.34. The van der Waals surface area contributed by atoms with Gasteiger partial charge in [-0.1, -0.05) is 23.7 Å². The largest absolute Gasteiger partial charge is 0.545 e. The average Bonchev–Trinajstić information content (AvgIpc) is 2.74. The summed E-state index contributed by atoms with van der Waals surface area (Å²) in [5.74, 6) is 0.273. The van der Waals surface area contributed by atoms with Crippen molar-refractivity contribution in [1.82, 2.24) is 4.57 Å². The van der Waals surface area contributed by atoms with Crippen molar-refractivity contribution >= 4 is 17.6 Å². The number of rotatable bonds is 7. The van der Waals surface area contributed by atoms with E-state index in [4.69, 9.17) is 21.1 Å². The molecule has 1 radical (unpaired) electrons. The molecule has 0 unspecified atom stereocenters. The van der Waals surface area contributed by atoms with Crippen LogP contribution in [0.5, 0.6) is 5.75 Å². The molecule has 0 fully saturated rings. The van der Waals surface area contributed by atoms with Gasteiger partial charge >= 0.3 is 5.97 Å². The molecule has 147 valence electrons. The SMILES string of the molecule is COC(=O)c1ccc(CCn2c(COc3c[c-]ccc3)c(Cl)ccc2=O)cc1.[Pr]. The van der Waals surface area contributed by atoms with Gasteiger partial charge in [0.2, 0.25) is 0 Å². The zero-order valence-corrected chi connectivity index (χ0v) is 20.4. The van der Waals surface area contributed by atoms with E-state index in [0.29, 0.717) is 35.0 Å². The summed E-state index contributed by atoms with van der Waals surface area (Å²) in [6.07, 6.45) is 0.605. The first-order chi connectivity index (χ1) is 13.6. The monoisotopic (exact) mass is 537 g/mol. The molecule has 7 heteroatoms. The second kappa shape index (κ2) is 11.5. The Hall–Kier alpha value is -1.69. The predicted octanol–water partition coefficient (Wildman–Crippen LogP) is 3.91. The Labute approximate surface area is 207 Å². The van der Waals surface area contributed by atoms with E-state index >= 15 is 0 Å². The number of aryl methyl sites for hydroxylation is 1. The normalized spacial score (nSPS) is 10.1. The third kappa shape index (κ3) is 6.40. The molecule has 0 amide bonds. The molecule has 0 bridgehead atoms. The molecule has 0 saturated carbocycles. The second-order valence-electron chi connectivity index (χ2n) is 6.08. The molecule has 0 spiro atoms. The van der Waals surface area contributed by atoms with Crippen molar-refractivity contribution in [2.24, 2.45) is 0 Å². The number of ether oxygens (including phenoxy) is 2. The maximum absolute atomic E-state index is 12.4. The fraction of sp³-hybridized carbons (Fsp3) is 0.182. The van der Waals surface area contributed by atoms with E-state index in [2.05, 4.69) is 6.07 Å². The predicted molar refractivity (Wildman–Crippen MR) is 107 cm³/mol. The third-order valence-electron chi connectivity index (χ3n) is 4.29. The molecule has 1 aromatic heterocycles. The third-order valence-corrected chi connectivity index (χ3v) is 4.64. The number of nitrogens with zero attached hydrogens (tertiary/aromatic N) is 1. The number of aromatic nitrogens is 1. The number of esters is 1. The van der Waals surface area contributed by atoms with Crippen LogP contribution in [0.1, 0.15) is 21.6 Å². The molecule has 29 heavy (non-hydrogen) atoms. The topological polar surface area (TPSA) is 57.5 Å². The van der Waals surface area contributed by atoms with Crippen LogP contribution in [0.2, 0.25) is 5.02 Å². The Morgan fingerprint density at radius 1 is 1.14 bits per heavy atom. The first-order valence-electron chi connectivity index (χ1n) is 8.73. The van der Waals surface area contributed by atoms with Gasteiger partial charge in [0.1, 0.15) is 6.61 Å². The molecule has 5 nitrogen and oxygen atoms in total. The van der Waals surface area contributed by atoms with Gasteiger partial charge in [-0.15, -0.1) is 12.1 Å². The molecule has 0 atom stereocenters. The molecule has 3 rings (SSSR count). The quantitative estimate of drug-likeness (QED) is 0.339. The van der Waals surface area contributed by atoms with Gasteiger partial charge in [0.15, 0.2) is 0 Å².